The van der Waals surface area contributed by atoms with Crippen LogP contribution in [0.4, 0.5) is 5.69 Å². The van der Waals surface area contributed by atoms with E-state index in [9.17, 15) is 4.79 Å². The fourth-order valence-electron chi connectivity index (χ4n) is 3.21. The van der Waals surface area contributed by atoms with Gasteiger partial charge in [-0.25, -0.2) is 0 Å². The van der Waals surface area contributed by atoms with Gasteiger partial charge in [0.25, 0.3) is 5.91 Å². The van der Waals surface area contributed by atoms with Crippen LogP contribution in [0.1, 0.15) is 24.0 Å². The molecular formula is C18H17NO2. The van der Waals surface area contributed by atoms with Crippen LogP contribution in [0.3, 0.4) is 0 Å². The summed E-state index contributed by atoms with van der Waals surface area (Å²) in [6.45, 7) is 0.690. The van der Waals surface area contributed by atoms with E-state index in [-0.39, 0.29) is 12.0 Å². The largest absolute Gasteiger partial charge is 0.368 e. The molecule has 4 rings (SSSR count). The minimum Gasteiger partial charge on any atom is -0.368 e. The summed E-state index contributed by atoms with van der Waals surface area (Å²) in [7, 11) is 0. The number of ether oxygens (including phenoxy) is 1. The van der Waals surface area contributed by atoms with Crippen LogP contribution in [0.2, 0.25) is 0 Å². The van der Waals surface area contributed by atoms with E-state index in [0.717, 1.165) is 24.9 Å². The van der Waals surface area contributed by atoms with E-state index >= 15 is 0 Å². The van der Waals surface area contributed by atoms with Crippen molar-refractivity contribution in [2.75, 3.05) is 11.9 Å². The summed E-state index contributed by atoms with van der Waals surface area (Å²) >= 11 is 0. The maximum Gasteiger partial charge on any atom is 0.253 e. The van der Waals surface area contributed by atoms with Gasteiger partial charge in [-0.3, -0.25) is 4.79 Å². The van der Waals surface area contributed by atoms with E-state index < -0.39 is 0 Å². The molecule has 3 nitrogen and oxygen atoms in total. The summed E-state index contributed by atoms with van der Waals surface area (Å²) < 4.78 is 5.42. The lowest BCUT2D eigenvalue weighted by Gasteiger charge is -2.11. The zero-order chi connectivity index (χ0) is 14.2. The first-order valence-electron chi connectivity index (χ1n) is 7.45. The monoisotopic (exact) mass is 279 g/mol. The molecule has 2 aliphatic rings. The lowest BCUT2D eigenvalue weighted by Crippen LogP contribution is -2.26. The number of hydrogen-bond donors (Lipinski definition) is 1. The molecule has 1 aliphatic heterocycles. The van der Waals surface area contributed by atoms with Crippen LogP contribution in [0.5, 0.6) is 0 Å². The van der Waals surface area contributed by atoms with Crippen molar-refractivity contribution in [2.24, 2.45) is 0 Å². The summed E-state index contributed by atoms with van der Waals surface area (Å²) in [6.07, 6.45) is 2.48. The summed E-state index contributed by atoms with van der Waals surface area (Å²) in [5, 5.41) is 2.98. The molecule has 0 bridgehead atoms. The second-order valence-corrected chi connectivity index (χ2v) is 5.70. The van der Waals surface area contributed by atoms with Gasteiger partial charge >= 0.3 is 0 Å². The number of fused-ring (bicyclic) bond motifs is 3. The molecule has 1 unspecified atom stereocenters. The van der Waals surface area contributed by atoms with Gasteiger partial charge in [-0.2, -0.15) is 0 Å². The van der Waals surface area contributed by atoms with E-state index in [2.05, 4.69) is 41.7 Å². The van der Waals surface area contributed by atoms with Gasteiger partial charge in [0, 0.05) is 12.3 Å². The second kappa shape index (κ2) is 5.01. The average molecular weight is 279 g/mol. The molecule has 0 radical (unpaired) electrons. The quantitative estimate of drug-likeness (QED) is 0.781. The first-order valence-corrected chi connectivity index (χ1v) is 7.45. The number of carbonyl (C=O) groups excluding carboxylic acids is 1. The van der Waals surface area contributed by atoms with Crippen molar-refractivity contribution in [3.8, 4) is 11.1 Å². The minimum absolute atomic E-state index is 0.0290. The normalized spacial score (nSPS) is 19.1. The number of rotatable bonds is 2. The molecule has 0 spiro atoms. The number of hydrogen-bond acceptors (Lipinski definition) is 2. The van der Waals surface area contributed by atoms with Crippen LogP contribution in [0, 0.1) is 0 Å². The van der Waals surface area contributed by atoms with Crippen LogP contribution in [0.15, 0.2) is 42.5 Å². The molecule has 1 amide bonds. The maximum atomic E-state index is 12.1. The highest BCUT2D eigenvalue weighted by Gasteiger charge is 2.24. The molecule has 1 heterocycles. The Labute approximate surface area is 123 Å². The summed E-state index contributed by atoms with van der Waals surface area (Å²) in [4.78, 5) is 12.1. The predicted octanol–water partition coefficient (Wildman–Crippen LogP) is 3.38. The SMILES string of the molecule is O=C(Nc1ccc2c(c1)-c1ccccc1C2)C1CCCO1. The van der Waals surface area contributed by atoms with Gasteiger partial charge in [0.15, 0.2) is 0 Å². The summed E-state index contributed by atoms with van der Waals surface area (Å²) in [5.74, 6) is -0.0290. The first-order chi connectivity index (χ1) is 10.3. The summed E-state index contributed by atoms with van der Waals surface area (Å²) in [5.41, 5.74) is 6.05. The van der Waals surface area contributed by atoms with Gasteiger partial charge in [-0.05, 0) is 53.6 Å². The van der Waals surface area contributed by atoms with E-state index in [0.29, 0.717) is 6.61 Å². The molecule has 1 saturated heterocycles. The molecule has 2 aromatic carbocycles. The Kier molecular flexibility index (Phi) is 3.00. The van der Waals surface area contributed by atoms with Crippen LogP contribution in [-0.4, -0.2) is 18.6 Å². The molecule has 0 aromatic heterocycles. The van der Waals surface area contributed by atoms with Crippen LogP contribution >= 0.6 is 0 Å². The fourth-order valence-corrected chi connectivity index (χ4v) is 3.21. The van der Waals surface area contributed by atoms with Crippen molar-refractivity contribution >= 4 is 11.6 Å². The number of benzene rings is 2. The second-order valence-electron chi connectivity index (χ2n) is 5.70. The van der Waals surface area contributed by atoms with Gasteiger partial charge in [0.1, 0.15) is 6.10 Å². The van der Waals surface area contributed by atoms with Gasteiger partial charge in [-0.1, -0.05) is 30.3 Å². The van der Waals surface area contributed by atoms with Crippen LogP contribution < -0.4 is 5.32 Å². The van der Waals surface area contributed by atoms with E-state index in [1.165, 1.54) is 22.3 Å². The highest BCUT2D eigenvalue weighted by atomic mass is 16.5. The number of amides is 1. The predicted molar refractivity (Wildman–Crippen MR) is 82.3 cm³/mol. The third-order valence-electron chi connectivity index (χ3n) is 4.29. The topological polar surface area (TPSA) is 38.3 Å². The zero-order valence-corrected chi connectivity index (χ0v) is 11.8. The van der Waals surface area contributed by atoms with Crippen molar-refractivity contribution in [1.29, 1.82) is 0 Å². The van der Waals surface area contributed by atoms with Gasteiger partial charge in [-0.15, -0.1) is 0 Å². The Hall–Kier alpha value is -2.13. The van der Waals surface area contributed by atoms with Crippen molar-refractivity contribution in [3.63, 3.8) is 0 Å². The fraction of sp³-hybridized carbons (Fsp3) is 0.278. The molecule has 0 saturated carbocycles. The van der Waals surface area contributed by atoms with Crippen LogP contribution in [-0.2, 0) is 16.0 Å². The Balaban J connectivity index is 1.60. The number of nitrogens with one attached hydrogen (secondary N) is 1. The molecule has 21 heavy (non-hydrogen) atoms. The molecule has 1 atom stereocenters. The van der Waals surface area contributed by atoms with E-state index in [1.54, 1.807) is 0 Å². The lowest BCUT2D eigenvalue weighted by molar-refractivity contribution is -0.124. The smallest absolute Gasteiger partial charge is 0.253 e. The Morgan fingerprint density at radius 2 is 1.95 bits per heavy atom. The van der Waals surface area contributed by atoms with Gasteiger partial charge in [0.2, 0.25) is 0 Å². The standard InChI is InChI=1S/C18H17NO2/c20-18(17-6-3-9-21-17)19-14-8-7-13-10-12-4-1-2-5-15(12)16(13)11-14/h1-2,4-5,7-8,11,17H,3,6,9-10H2,(H,19,20). The maximum absolute atomic E-state index is 12.1. The third kappa shape index (κ3) is 2.24. The van der Waals surface area contributed by atoms with Gasteiger partial charge < -0.3 is 10.1 Å². The zero-order valence-electron chi connectivity index (χ0n) is 11.8. The van der Waals surface area contributed by atoms with Crippen molar-refractivity contribution < 1.29 is 9.53 Å². The average Bonchev–Trinajstić information content (AvgIpc) is 3.14. The Bertz CT molecular complexity index is 702. The van der Waals surface area contributed by atoms with Crippen LogP contribution in [0.25, 0.3) is 11.1 Å². The van der Waals surface area contributed by atoms with E-state index in [1.807, 2.05) is 6.07 Å². The Morgan fingerprint density at radius 3 is 2.81 bits per heavy atom. The van der Waals surface area contributed by atoms with Gasteiger partial charge in [0.05, 0.1) is 0 Å². The van der Waals surface area contributed by atoms with E-state index in [4.69, 9.17) is 4.74 Å². The minimum atomic E-state index is -0.287. The lowest BCUT2D eigenvalue weighted by atomic mass is 10.1. The van der Waals surface area contributed by atoms with Crippen molar-refractivity contribution in [3.05, 3.63) is 53.6 Å². The third-order valence-corrected chi connectivity index (χ3v) is 4.29. The van der Waals surface area contributed by atoms with Crippen molar-refractivity contribution in [2.45, 2.75) is 25.4 Å². The molecule has 1 fully saturated rings. The Morgan fingerprint density at radius 1 is 1.10 bits per heavy atom. The number of anilines is 1. The molecule has 1 N–H and O–H groups in total. The first kappa shape index (κ1) is 12.6. The highest BCUT2D eigenvalue weighted by molar-refractivity contribution is 5.95. The summed E-state index contributed by atoms with van der Waals surface area (Å²) in [6, 6.07) is 14.6. The number of carbonyl (C=O) groups is 1. The van der Waals surface area contributed by atoms with Crippen molar-refractivity contribution in [1.82, 2.24) is 0 Å². The molecule has 3 heteroatoms. The highest BCUT2D eigenvalue weighted by Crippen LogP contribution is 2.37. The molecular weight excluding hydrogens is 262 g/mol. The molecule has 2 aromatic rings. The molecule has 106 valence electrons. The molecule has 1 aliphatic carbocycles.